The minimum absolute atomic E-state index is 0.00696. The van der Waals surface area contributed by atoms with Crippen LogP contribution in [0.1, 0.15) is 39.9 Å². The van der Waals surface area contributed by atoms with Gasteiger partial charge in [-0.2, -0.15) is 0 Å². The molecular formula is C32H33O18PS. The molecule has 1 aromatic heterocycles. The molecular weight excluding hydrogens is 735 g/mol. The van der Waals surface area contributed by atoms with Crippen LogP contribution < -0.4 is 23.5 Å². The van der Waals surface area contributed by atoms with Gasteiger partial charge in [0.1, 0.15) is 24.4 Å². The number of phosphoric acid groups is 1. The number of methoxy groups -OCH3 is 2. The molecule has 0 saturated carbocycles. The van der Waals surface area contributed by atoms with Gasteiger partial charge in [-0.05, 0) is 52.4 Å². The van der Waals surface area contributed by atoms with Crippen molar-refractivity contribution in [2.45, 2.75) is 55.2 Å². The van der Waals surface area contributed by atoms with E-state index in [2.05, 4.69) is 0 Å². The second-order valence-electron chi connectivity index (χ2n) is 12.7. The number of phosphoric ester groups is 1. The average Bonchev–Trinajstić information content (AvgIpc) is 3.84. The molecule has 0 bridgehead atoms. The molecule has 5 aliphatic rings. The third kappa shape index (κ3) is 6.19. The van der Waals surface area contributed by atoms with Crippen molar-refractivity contribution >= 4 is 25.1 Å². The quantitative estimate of drug-likeness (QED) is 0.107. The number of thiophene rings is 1. The standard InChI is InChI=1S/C32H33O18PS/c1-41-18-6-12(7-19(42-2)27(18)50-51(38,39)40)22-13-8-16-17(49-32(36,37)48-16)9-14(13)26(15-10-43-29(35)23(15)22)46-31-25(34)24(33)28-20(45-31)11-44-30(47-28)21-4-3-5-52-21/h3-9,15,20,22-26,28,30-31,33-34,36-37H,10-11H2,1-2H3,(H2,38,39,40). The van der Waals surface area contributed by atoms with E-state index in [0.717, 1.165) is 4.88 Å². The van der Waals surface area contributed by atoms with Crippen molar-refractivity contribution in [3.63, 3.8) is 0 Å². The highest BCUT2D eigenvalue weighted by molar-refractivity contribution is 7.46. The number of rotatable bonds is 8. The molecule has 5 heterocycles. The first-order chi connectivity index (χ1) is 24.7. The first kappa shape index (κ1) is 35.5. The number of ether oxygens (including phenoxy) is 9. The van der Waals surface area contributed by atoms with E-state index in [1.54, 1.807) is 0 Å². The van der Waals surface area contributed by atoms with Crippen molar-refractivity contribution in [3.05, 3.63) is 63.3 Å². The molecule has 52 heavy (non-hydrogen) atoms. The molecule has 280 valence electrons. The Morgan fingerprint density at radius 2 is 1.63 bits per heavy atom. The normalized spacial score (nSPS) is 33.0. The first-order valence-electron chi connectivity index (χ1n) is 15.9. The van der Waals surface area contributed by atoms with Gasteiger partial charge in [0.2, 0.25) is 5.75 Å². The van der Waals surface area contributed by atoms with Crippen LogP contribution in [0.25, 0.3) is 0 Å². The van der Waals surface area contributed by atoms with Gasteiger partial charge in [-0.1, -0.05) is 6.07 Å². The van der Waals surface area contributed by atoms with E-state index in [1.807, 2.05) is 17.5 Å². The van der Waals surface area contributed by atoms with Crippen LogP contribution in [0, 0.1) is 11.8 Å². The van der Waals surface area contributed by atoms with Crippen LogP contribution in [-0.4, -0.2) is 100 Å². The van der Waals surface area contributed by atoms with Gasteiger partial charge in [0.05, 0.1) is 44.3 Å². The maximum Gasteiger partial charge on any atom is 0.525 e. The summed E-state index contributed by atoms with van der Waals surface area (Å²) in [5, 5.41) is 44.8. The predicted molar refractivity (Wildman–Crippen MR) is 169 cm³/mol. The molecule has 20 heteroatoms. The molecule has 8 rings (SSSR count). The number of esters is 1. The maximum absolute atomic E-state index is 13.6. The minimum atomic E-state index is -5.07. The Hall–Kier alpha value is -3.56. The first-order valence-corrected chi connectivity index (χ1v) is 18.3. The summed E-state index contributed by atoms with van der Waals surface area (Å²) in [5.74, 6) is -4.14. The van der Waals surface area contributed by atoms with E-state index in [1.165, 1.54) is 49.8 Å². The number of cyclic esters (lactones) is 1. The van der Waals surface area contributed by atoms with Crippen molar-refractivity contribution in [1.82, 2.24) is 0 Å². The van der Waals surface area contributed by atoms with Gasteiger partial charge >= 0.3 is 20.0 Å². The Balaban J connectivity index is 1.18. The number of carbonyl (C=O) groups is 1. The van der Waals surface area contributed by atoms with Crippen LogP contribution in [0.5, 0.6) is 28.7 Å². The number of aliphatic hydroxyl groups is 4. The topological polar surface area (TPSA) is 248 Å². The Morgan fingerprint density at radius 3 is 2.27 bits per heavy atom. The van der Waals surface area contributed by atoms with Crippen LogP contribution >= 0.6 is 19.2 Å². The highest BCUT2D eigenvalue weighted by Crippen LogP contribution is 2.58. The summed E-state index contributed by atoms with van der Waals surface area (Å²) in [7, 11) is -2.58. The molecule has 4 aliphatic heterocycles. The molecule has 3 fully saturated rings. The molecule has 10 atom stereocenters. The van der Waals surface area contributed by atoms with Gasteiger partial charge in [0, 0.05) is 11.8 Å². The van der Waals surface area contributed by atoms with Gasteiger partial charge in [-0.25, -0.2) is 4.57 Å². The van der Waals surface area contributed by atoms with Crippen LogP contribution in [0.4, 0.5) is 0 Å². The van der Waals surface area contributed by atoms with Crippen molar-refractivity contribution in [1.29, 1.82) is 0 Å². The Kier molecular flexibility index (Phi) is 8.92. The van der Waals surface area contributed by atoms with Gasteiger partial charge in [-0.15, -0.1) is 11.3 Å². The van der Waals surface area contributed by atoms with Crippen LogP contribution in [0.15, 0.2) is 41.8 Å². The fourth-order valence-electron chi connectivity index (χ4n) is 7.46. The van der Waals surface area contributed by atoms with E-state index in [0.29, 0.717) is 16.7 Å². The van der Waals surface area contributed by atoms with E-state index >= 15 is 0 Å². The zero-order chi connectivity index (χ0) is 36.7. The van der Waals surface area contributed by atoms with Crippen molar-refractivity contribution in [2.75, 3.05) is 27.4 Å². The summed E-state index contributed by atoms with van der Waals surface area (Å²) in [4.78, 5) is 33.5. The average molecular weight is 769 g/mol. The lowest BCUT2D eigenvalue weighted by Crippen LogP contribution is -2.62. The van der Waals surface area contributed by atoms with Crippen LogP contribution in [0.3, 0.4) is 0 Å². The maximum atomic E-state index is 13.6. The zero-order valence-corrected chi connectivity index (χ0v) is 28.9. The molecule has 0 radical (unpaired) electrons. The van der Waals surface area contributed by atoms with E-state index < -0.39 is 86.6 Å². The third-order valence-corrected chi connectivity index (χ3v) is 10.9. The van der Waals surface area contributed by atoms with E-state index in [4.69, 9.17) is 47.2 Å². The van der Waals surface area contributed by atoms with Crippen LogP contribution in [0.2, 0.25) is 0 Å². The summed E-state index contributed by atoms with van der Waals surface area (Å²) in [6.45, 7) is -0.144. The van der Waals surface area contributed by atoms with Gasteiger partial charge in [0.25, 0.3) is 0 Å². The zero-order valence-electron chi connectivity index (χ0n) is 27.2. The highest BCUT2D eigenvalue weighted by atomic mass is 32.1. The van der Waals surface area contributed by atoms with Gasteiger partial charge < -0.3 is 57.4 Å². The second-order valence-corrected chi connectivity index (χ2v) is 14.8. The molecule has 2 aromatic carbocycles. The summed E-state index contributed by atoms with van der Waals surface area (Å²) in [6, 6.07) is 9.34. The monoisotopic (exact) mass is 768 g/mol. The number of aliphatic hydroxyl groups excluding tert-OH is 2. The molecule has 10 unspecified atom stereocenters. The van der Waals surface area contributed by atoms with Crippen LogP contribution in [-0.2, 0) is 33.0 Å². The lowest BCUT2D eigenvalue weighted by Gasteiger charge is -2.48. The molecule has 3 saturated heterocycles. The second kappa shape index (κ2) is 13.1. The van der Waals surface area contributed by atoms with Gasteiger partial charge in [-0.3, -0.25) is 24.8 Å². The number of benzene rings is 2. The molecule has 0 spiro atoms. The summed E-state index contributed by atoms with van der Waals surface area (Å²) >= 11 is 1.41. The van der Waals surface area contributed by atoms with Crippen molar-refractivity contribution in [3.8, 4) is 28.7 Å². The minimum Gasteiger partial charge on any atom is -0.493 e. The number of hydrogen-bond donors (Lipinski definition) is 6. The largest absolute Gasteiger partial charge is 0.525 e. The highest BCUT2D eigenvalue weighted by Gasteiger charge is 2.57. The molecule has 3 aromatic rings. The van der Waals surface area contributed by atoms with E-state index in [9.17, 15) is 39.6 Å². The van der Waals surface area contributed by atoms with Crippen molar-refractivity contribution in [2.24, 2.45) is 11.8 Å². The van der Waals surface area contributed by atoms with Gasteiger partial charge in [0.15, 0.2) is 35.6 Å². The summed E-state index contributed by atoms with van der Waals surface area (Å²) in [5.41, 5.74) is 1.05. The lowest BCUT2D eigenvalue weighted by atomic mass is 9.66. The smallest absolute Gasteiger partial charge is 0.493 e. The fourth-order valence-corrected chi connectivity index (χ4v) is 8.59. The van der Waals surface area contributed by atoms with E-state index in [-0.39, 0.29) is 36.2 Å². The molecule has 1 aliphatic carbocycles. The Labute approximate surface area is 298 Å². The Bertz CT molecular complexity index is 1870. The predicted octanol–water partition coefficient (Wildman–Crippen LogP) is 1.16. The van der Waals surface area contributed by atoms with Crippen molar-refractivity contribution < 1.29 is 86.7 Å². The molecule has 6 N–H and O–H groups in total. The fraction of sp³-hybridized carbons (Fsp3) is 0.469. The lowest BCUT2D eigenvalue weighted by molar-refractivity contribution is -0.385. The SMILES string of the molecule is COc1cc(C2c3cc4c(cc3C(OC3OC5COC(c6cccs6)OC5C(O)C3O)C3COC(=O)C23)OC(O)(O)O4)cc(OC)c1OP(=O)(O)O. The molecule has 18 nitrogen and oxygen atoms in total. The summed E-state index contributed by atoms with van der Waals surface area (Å²) < 4.78 is 67.9. The third-order valence-electron chi connectivity index (χ3n) is 9.62. The Morgan fingerprint density at radius 1 is 0.942 bits per heavy atom. The molecule has 0 amide bonds. The number of hydrogen-bond acceptors (Lipinski definition) is 17. The number of fused-ring (bicyclic) bond motifs is 4. The number of carbonyl (C=O) groups excluding carboxylic acids is 1. The summed E-state index contributed by atoms with van der Waals surface area (Å²) in [6.07, 6.45) is -11.2.